The van der Waals surface area contributed by atoms with E-state index in [4.69, 9.17) is 25.8 Å². The number of rotatable bonds is 14. The van der Waals surface area contributed by atoms with E-state index in [0.29, 0.717) is 61.2 Å². The largest absolute Gasteiger partial charge is 0.474 e. The van der Waals surface area contributed by atoms with Gasteiger partial charge in [-0.3, -0.25) is 19.8 Å². The number of ether oxygens (including phenoxy) is 1. The van der Waals surface area contributed by atoms with Gasteiger partial charge in [0.15, 0.2) is 0 Å². The molecule has 0 unspecified atom stereocenters. The number of aromatic amines is 1. The van der Waals surface area contributed by atoms with E-state index in [0.717, 1.165) is 74.1 Å². The number of nitrogens with zero attached hydrogens (tertiary/aromatic N) is 5. The summed E-state index contributed by atoms with van der Waals surface area (Å²) in [6.07, 6.45) is 7.40. The van der Waals surface area contributed by atoms with Gasteiger partial charge in [-0.2, -0.15) is 4.98 Å². The predicted molar refractivity (Wildman–Crippen MR) is 274 cm³/mol. The molecular formula is C50H61ClN8O8PS+. The van der Waals surface area contributed by atoms with Crippen LogP contribution in [0.5, 0.6) is 5.88 Å². The molecule has 19 heteroatoms. The van der Waals surface area contributed by atoms with E-state index in [1.165, 1.54) is 28.8 Å². The lowest BCUT2D eigenvalue weighted by molar-refractivity contribution is -0.384. The first-order valence-corrected chi connectivity index (χ1v) is 27.7. The third kappa shape index (κ3) is 11.0. The molecule has 0 radical (unpaired) electrons. The minimum Gasteiger partial charge on any atom is -0.474 e. The van der Waals surface area contributed by atoms with Crippen molar-refractivity contribution in [2.75, 3.05) is 79.9 Å². The number of anilines is 4. The highest BCUT2D eigenvalue weighted by Crippen LogP contribution is 2.61. The molecule has 1 amide bonds. The Hall–Kier alpha value is -5.29. The number of halogens is 1. The van der Waals surface area contributed by atoms with Crippen molar-refractivity contribution in [1.29, 1.82) is 0 Å². The van der Waals surface area contributed by atoms with Crippen molar-refractivity contribution >= 4 is 80.3 Å². The SMILES string of the molecule is CC(C)O[P+]1(O)CCC(CNc2ccc(S(=O)(=O)NC(=O)c3ccc(N4CCN(CC5=C(c6ccc(Cl)cc6)CC(C)(C)CC5)CC4)cc3N3CCOc4nc5[nH]ccc5cc43)cc2[N+](=O)[O-])CC1. The molecule has 2 fully saturated rings. The van der Waals surface area contributed by atoms with E-state index in [-0.39, 0.29) is 35.3 Å². The van der Waals surface area contributed by atoms with Gasteiger partial charge in [-0.1, -0.05) is 43.2 Å². The highest BCUT2D eigenvalue weighted by molar-refractivity contribution is 7.90. The Bertz CT molecular complexity index is 2880. The zero-order valence-electron chi connectivity index (χ0n) is 39.5. The van der Waals surface area contributed by atoms with Gasteiger partial charge in [0.1, 0.15) is 36.0 Å². The Labute approximate surface area is 409 Å². The van der Waals surface area contributed by atoms with Gasteiger partial charge in [0.25, 0.3) is 29.3 Å². The third-order valence-corrected chi connectivity index (χ3v) is 18.1. The maximum absolute atomic E-state index is 14.4. The number of benzene rings is 3. The molecule has 3 aromatic carbocycles. The van der Waals surface area contributed by atoms with E-state index in [1.54, 1.807) is 12.3 Å². The first-order chi connectivity index (χ1) is 32.9. The van der Waals surface area contributed by atoms with E-state index in [1.807, 2.05) is 55.1 Å². The number of pyridine rings is 1. The van der Waals surface area contributed by atoms with Crippen LogP contribution in [-0.4, -0.2) is 110 Å². The normalized spacial score (nSPS) is 21.0. The zero-order chi connectivity index (χ0) is 48.7. The van der Waals surface area contributed by atoms with Crippen molar-refractivity contribution in [2.24, 2.45) is 11.3 Å². The molecule has 366 valence electrons. The number of piperazine rings is 1. The van der Waals surface area contributed by atoms with Gasteiger partial charge in [-0.05, 0) is 123 Å². The lowest BCUT2D eigenvalue weighted by Gasteiger charge is -2.39. The first-order valence-electron chi connectivity index (χ1n) is 23.8. The topological polar surface area (TPSA) is 195 Å². The summed E-state index contributed by atoms with van der Waals surface area (Å²) in [5.41, 5.74) is 6.77. The fourth-order valence-electron chi connectivity index (χ4n) is 10.1. The van der Waals surface area contributed by atoms with Crippen LogP contribution in [0.1, 0.15) is 75.7 Å². The molecule has 16 nitrogen and oxygen atoms in total. The van der Waals surface area contributed by atoms with Crippen LogP contribution < -0.4 is 24.6 Å². The van der Waals surface area contributed by atoms with E-state index >= 15 is 0 Å². The number of hydrogen-bond donors (Lipinski definition) is 4. The Morgan fingerprint density at radius 3 is 2.51 bits per heavy atom. The summed E-state index contributed by atoms with van der Waals surface area (Å²) in [5.74, 6) is -0.374. The van der Waals surface area contributed by atoms with Crippen LogP contribution in [-0.2, 0) is 14.5 Å². The third-order valence-electron chi connectivity index (χ3n) is 13.8. The number of carbonyl (C=O) groups excluding carboxylic acids is 1. The summed E-state index contributed by atoms with van der Waals surface area (Å²) >= 11 is 6.27. The number of allylic oxidation sites excluding steroid dienone is 1. The summed E-state index contributed by atoms with van der Waals surface area (Å²) < 4.78 is 42.1. The molecule has 0 spiro atoms. The average Bonchev–Trinajstić information content (AvgIpc) is 3.78. The highest BCUT2D eigenvalue weighted by Gasteiger charge is 2.43. The molecule has 4 aliphatic rings. The quantitative estimate of drug-likeness (QED) is 0.0467. The van der Waals surface area contributed by atoms with Crippen LogP contribution in [0.2, 0.25) is 5.02 Å². The molecule has 0 bridgehead atoms. The van der Waals surface area contributed by atoms with E-state index in [2.05, 4.69) is 50.8 Å². The summed E-state index contributed by atoms with van der Waals surface area (Å²) in [5, 5.41) is 17.0. The Morgan fingerprint density at radius 1 is 1.03 bits per heavy atom. The van der Waals surface area contributed by atoms with E-state index < -0.39 is 39.2 Å². The summed E-state index contributed by atoms with van der Waals surface area (Å²) in [4.78, 5) is 51.1. The van der Waals surface area contributed by atoms with Crippen LogP contribution >= 0.6 is 19.3 Å². The van der Waals surface area contributed by atoms with Crippen molar-refractivity contribution in [3.63, 3.8) is 0 Å². The molecule has 2 saturated heterocycles. The zero-order valence-corrected chi connectivity index (χ0v) is 42.0. The van der Waals surface area contributed by atoms with Gasteiger partial charge in [-0.15, -0.1) is 0 Å². The molecule has 5 heterocycles. The summed E-state index contributed by atoms with van der Waals surface area (Å²) in [7, 11) is -7.06. The summed E-state index contributed by atoms with van der Waals surface area (Å²) in [6.45, 7) is 13.5. The van der Waals surface area contributed by atoms with E-state index in [9.17, 15) is 28.2 Å². The Morgan fingerprint density at radius 2 is 1.78 bits per heavy atom. The van der Waals surface area contributed by atoms with Crippen molar-refractivity contribution in [2.45, 2.75) is 70.8 Å². The molecular weight excluding hydrogens is 939 g/mol. The number of carbonyl (C=O) groups is 1. The number of nitro groups is 1. The molecule has 3 aliphatic heterocycles. The van der Waals surface area contributed by atoms with Crippen LogP contribution in [0.3, 0.4) is 0 Å². The lowest BCUT2D eigenvalue weighted by atomic mass is 9.72. The van der Waals surface area contributed by atoms with Crippen molar-refractivity contribution in [3.05, 3.63) is 111 Å². The number of sulfonamides is 1. The summed E-state index contributed by atoms with van der Waals surface area (Å²) in [6, 6.07) is 21.0. The van der Waals surface area contributed by atoms with Gasteiger partial charge in [-0.25, -0.2) is 22.6 Å². The van der Waals surface area contributed by atoms with Gasteiger partial charge >= 0.3 is 0 Å². The van der Waals surface area contributed by atoms with Gasteiger partial charge in [0.2, 0.25) is 5.88 Å². The molecule has 2 aromatic heterocycles. The van der Waals surface area contributed by atoms with Gasteiger partial charge in [0.05, 0.1) is 33.7 Å². The monoisotopic (exact) mass is 999 g/mol. The number of nitro benzene ring substituents is 1. The lowest BCUT2D eigenvalue weighted by Crippen LogP contribution is -2.47. The molecule has 0 atom stereocenters. The van der Waals surface area contributed by atoms with Crippen molar-refractivity contribution in [3.8, 4) is 5.88 Å². The predicted octanol–water partition coefficient (Wildman–Crippen LogP) is 9.65. The maximum Gasteiger partial charge on any atom is 0.293 e. The number of H-pyrrole nitrogens is 1. The van der Waals surface area contributed by atoms with Crippen LogP contribution in [0, 0.1) is 21.4 Å². The van der Waals surface area contributed by atoms with Crippen LogP contribution in [0.15, 0.2) is 89.5 Å². The molecule has 0 saturated carbocycles. The second kappa shape index (κ2) is 19.8. The second-order valence-electron chi connectivity index (χ2n) is 19.8. The van der Waals surface area contributed by atoms with Crippen molar-refractivity contribution < 1.29 is 32.3 Å². The van der Waals surface area contributed by atoms with Crippen molar-refractivity contribution in [1.82, 2.24) is 19.6 Å². The molecule has 9 rings (SSSR count). The number of hydrogen-bond acceptors (Lipinski definition) is 13. The highest BCUT2D eigenvalue weighted by atomic mass is 35.5. The number of amides is 1. The minimum absolute atomic E-state index is 0.0731. The molecule has 1 aliphatic carbocycles. The van der Waals surface area contributed by atoms with Crippen LogP contribution in [0.4, 0.5) is 28.4 Å². The molecule has 69 heavy (non-hydrogen) atoms. The average molecular weight is 1000 g/mol. The fourth-order valence-corrected chi connectivity index (χ4v) is 14.0. The molecule has 4 N–H and O–H groups in total. The Kier molecular flexibility index (Phi) is 14.0. The second-order valence-corrected chi connectivity index (χ2v) is 24.7. The minimum atomic E-state index is -4.60. The number of aromatic nitrogens is 2. The van der Waals surface area contributed by atoms with Gasteiger partial charge < -0.3 is 24.8 Å². The standard InChI is InChI=1S/C50H60ClN8O8PS/c1-33(2)67-68(63)25-15-34(16-26-68)31-53-43-12-10-40(29-45(43)59(61)62)69(64,65)55-48(60)41-11-9-39(28-44(41)58-23-24-66-49-46(58)27-36-14-18-52-47(36)54-49)57-21-19-56(20-22-57)32-37-13-17-50(3,4)30-42(37)35-5-7-38(51)8-6-35/h5-12,14,18,27-29,33-34,53,63H,13,15-17,19-26,30-32H2,1-4H3,(H-,52,54,55,60)/p+1. The smallest absolute Gasteiger partial charge is 0.293 e. The first kappa shape index (κ1) is 48.7. The molecule has 5 aromatic rings. The Balaban J connectivity index is 0.945. The number of nitrogens with one attached hydrogen (secondary N) is 3. The van der Waals surface area contributed by atoms with Gasteiger partial charge in [0, 0.05) is 67.6 Å². The maximum atomic E-state index is 14.4. The fraction of sp³-hybridized carbons (Fsp3) is 0.440. The van der Waals surface area contributed by atoms with Crippen LogP contribution in [0.25, 0.3) is 16.6 Å². The number of fused-ring (bicyclic) bond motifs is 2.